The van der Waals surface area contributed by atoms with Crippen LogP contribution in [0.4, 0.5) is 0 Å². The van der Waals surface area contributed by atoms with E-state index in [2.05, 4.69) is 39.2 Å². The number of nitrogens with one attached hydrogen (secondary N) is 1. The van der Waals surface area contributed by atoms with Crippen LogP contribution in [0, 0.1) is 0 Å². The van der Waals surface area contributed by atoms with Gasteiger partial charge in [-0.1, -0.05) is 24.6 Å². The molecule has 0 bridgehead atoms. The number of amides is 1. The van der Waals surface area contributed by atoms with Crippen LogP contribution in [0.1, 0.15) is 48.7 Å². The zero-order valence-electron chi connectivity index (χ0n) is 17.9. The van der Waals surface area contributed by atoms with E-state index in [-0.39, 0.29) is 5.91 Å². The smallest absolute Gasteiger partial charge is 0.267 e. The maximum Gasteiger partial charge on any atom is 0.267 e. The molecule has 0 radical (unpaired) electrons. The van der Waals surface area contributed by atoms with Gasteiger partial charge in [-0.05, 0) is 56.3 Å². The molecule has 1 N–H and O–H groups in total. The van der Waals surface area contributed by atoms with E-state index in [0.717, 1.165) is 34.5 Å². The maximum absolute atomic E-state index is 13.0. The summed E-state index contributed by atoms with van der Waals surface area (Å²) in [6, 6.07) is 12.7. The Morgan fingerprint density at radius 1 is 1.27 bits per heavy atom. The van der Waals surface area contributed by atoms with Crippen molar-refractivity contribution in [3.8, 4) is 5.75 Å². The van der Waals surface area contributed by atoms with Crippen molar-refractivity contribution in [3.05, 3.63) is 53.0 Å². The molecule has 0 unspecified atom stereocenters. The van der Waals surface area contributed by atoms with Crippen LogP contribution >= 0.6 is 11.3 Å². The first-order valence-corrected chi connectivity index (χ1v) is 11.8. The van der Waals surface area contributed by atoms with Crippen LogP contribution in [0.25, 0.3) is 10.2 Å². The molecule has 5 nitrogen and oxygen atoms in total. The summed E-state index contributed by atoms with van der Waals surface area (Å²) in [6.45, 7) is 5.87. The van der Waals surface area contributed by atoms with Crippen molar-refractivity contribution in [2.45, 2.75) is 45.2 Å². The fourth-order valence-corrected chi connectivity index (χ4v) is 5.29. The van der Waals surface area contributed by atoms with E-state index in [0.29, 0.717) is 24.8 Å². The van der Waals surface area contributed by atoms with Crippen LogP contribution in [0.5, 0.6) is 5.75 Å². The number of carbonyl (C=O) groups is 1. The number of likely N-dealkylation sites (tertiary alicyclic amines) is 1. The molecule has 3 aromatic rings. The molecule has 1 saturated heterocycles. The number of thiophene rings is 1. The molecule has 6 heteroatoms. The summed E-state index contributed by atoms with van der Waals surface area (Å²) in [6.07, 6.45) is 4.91. The lowest BCUT2D eigenvalue weighted by molar-refractivity contribution is 0.0940. The number of hydrogen-bond acceptors (Lipinski definition) is 4. The number of para-hydroxylation sites is 1. The topological polar surface area (TPSA) is 46.5 Å². The summed E-state index contributed by atoms with van der Waals surface area (Å²) in [5.74, 6) is 0.845. The van der Waals surface area contributed by atoms with Gasteiger partial charge in [-0.3, -0.25) is 4.79 Å². The second-order valence-electron chi connectivity index (χ2n) is 8.10. The van der Waals surface area contributed by atoms with Crippen molar-refractivity contribution in [2.75, 3.05) is 26.7 Å². The minimum absolute atomic E-state index is 0.00000871. The molecular weight excluding hydrogens is 394 g/mol. The Bertz CT molecular complexity index is 993. The first-order valence-electron chi connectivity index (χ1n) is 10.9. The van der Waals surface area contributed by atoms with E-state index >= 15 is 0 Å². The number of piperidine rings is 1. The van der Waals surface area contributed by atoms with Crippen LogP contribution in [0.3, 0.4) is 0 Å². The molecule has 1 amide bonds. The molecule has 0 aliphatic carbocycles. The Labute approximate surface area is 182 Å². The summed E-state index contributed by atoms with van der Waals surface area (Å²) in [5.41, 5.74) is 1.79. The van der Waals surface area contributed by atoms with Gasteiger partial charge in [-0.15, -0.1) is 11.3 Å². The lowest BCUT2D eigenvalue weighted by Crippen LogP contribution is -2.39. The van der Waals surface area contributed by atoms with Crippen LogP contribution in [-0.2, 0) is 6.54 Å². The van der Waals surface area contributed by atoms with Crippen LogP contribution in [0.15, 0.2) is 41.8 Å². The summed E-state index contributed by atoms with van der Waals surface area (Å²) >= 11 is 1.67. The second-order valence-corrected chi connectivity index (χ2v) is 8.99. The third kappa shape index (κ3) is 4.55. The third-order valence-electron chi connectivity index (χ3n) is 6.10. The molecule has 1 aliphatic heterocycles. The Morgan fingerprint density at radius 3 is 2.97 bits per heavy atom. The predicted octanol–water partition coefficient (Wildman–Crippen LogP) is 4.75. The van der Waals surface area contributed by atoms with E-state index in [9.17, 15) is 4.79 Å². The van der Waals surface area contributed by atoms with Gasteiger partial charge < -0.3 is 19.5 Å². The molecule has 0 saturated carbocycles. The van der Waals surface area contributed by atoms with Crippen molar-refractivity contribution in [2.24, 2.45) is 0 Å². The number of benzene rings is 1. The molecule has 30 heavy (non-hydrogen) atoms. The average Bonchev–Trinajstić information content (AvgIpc) is 3.35. The minimum Gasteiger partial charge on any atom is -0.496 e. The monoisotopic (exact) mass is 425 g/mol. The zero-order chi connectivity index (χ0) is 20.9. The summed E-state index contributed by atoms with van der Waals surface area (Å²) in [5, 5.41) is 6.33. The van der Waals surface area contributed by atoms with E-state index in [4.69, 9.17) is 4.74 Å². The number of hydrogen-bond donors (Lipinski definition) is 1. The van der Waals surface area contributed by atoms with Gasteiger partial charge in [0.15, 0.2) is 0 Å². The number of carbonyl (C=O) groups excluding carboxylic acids is 1. The van der Waals surface area contributed by atoms with E-state index in [1.165, 1.54) is 25.8 Å². The Kier molecular flexibility index (Phi) is 6.75. The number of ether oxygens (including phenoxy) is 1. The van der Waals surface area contributed by atoms with Gasteiger partial charge in [0.2, 0.25) is 0 Å². The standard InChI is InChI=1S/C24H31N3O2S/c1-18-8-5-6-13-26(18)14-7-12-25-23(28)21-16-19-11-15-30-24(19)27(21)17-20-9-3-4-10-22(20)29-2/h3-4,9-11,15-16,18H,5-8,12-14,17H2,1-2H3,(H,25,28)/t18-/m1/s1. The molecule has 0 spiro atoms. The van der Waals surface area contributed by atoms with Crippen LogP contribution in [0.2, 0.25) is 0 Å². The number of fused-ring (bicyclic) bond motifs is 1. The number of nitrogens with zero attached hydrogens (tertiary/aromatic N) is 2. The summed E-state index contributed by atoms with van der Waals surface area (Å²) in [4.78, 5) is 16.7. The van der Waals surface area contributed by atoms with Gasteiger partial charge in [0.05, 0.1) is 13.7 Å². The highest BCUT2D eigenvalue weighted by molar-refractivity contribution is 7.16. The molecule has 1 fully saturated rings. The lowest BCUT2D eigenvalue weighted by Gasteiger charge is -2.33. The Balaban J connectivity index is 1.43. The highest BCUT2D eigenvalue weighted by Crippen LogP contribution is 2.28. The van der Waals surface area contributed by atoms with Crippen LogP contribution < -0.4 is 10.1 Å². The van der Waals surface area contributed by atoms with Gasteiger partial charge in [-0.2, -0.15) is 0 Å². The first kappa shape index (κ1) is 20.9. The van der Waals surface area contributed by atoms with E-state index < -0.39 is 0 Å². The highest BCUT2D eigenvalue weighted by Gasteiger charge is 2.19. The fraction of sp³-hybridized carbons (Fsp3) is 0.458. The minimum atomic E-state index is -0.00000871. The van der Waals surface area contributed by atoms with Gasteiger partial charge >= 0.3 is 0 Å². The fourth-order valence-electron chi connectivity index (χ4n) is 4.39. The summed E-state index contributed by atoms with van der Waals surface area (Å²) in [7, 11) is 1.69. The van der Waals surface area contributed by atoms with E-state index in [1.807, 2.05) is 24.3 Å². The van der Waals surface area contributed by atoms with Gasteiger partial charge in [0, 0.05) is 30.1 Å². The van der Waals surface area contributed by atoms with Crippen molar-refractivity contribution in [1.82, 2.24) is 14.8 Å². The van der Waals surface area contributed by atoms with Gasteiger partial charge in [0.1, 0.15) is 16.3 Å². The molecular formula is C24H31N3O2S. The molecule has 1 aromatic carbocycles. The quantitative estimate of drug-likeness (QED) is 0.530. The zero-order valence-corrected chi connectivity index (χ0v) is 18.7. The van der Waals surface area contributed by atoms with Gasteiger partial charge in [-0.25, -0.2) is 0 Å². The third-order valence-corrected chi connectivity index (χ3v) is 7.06. The molecule has 1 atom stereocenters. The maximum atomic E-state index is 13.0. The van der Waals surface area contributed by atoms with Crippen molar-refractivity contribution in [3.63, 3.8) is 0 Å². The molecule has 1 aliphatic rings. The molecule has 4 rings (SSSR count). The average molecular weight is 426 g/mol. The summed E-state index contributed by atoms with van der Waals surface area (Å²) < 4.78 is 7.63. The normalized spacial score (nSPS) is 17.3. The largest absolute Gasteiger partial charge is 0.496 e. The van der Waals surface area contributed by atoms with Gasteiger partial charge in [0.25, 0.3) is 5.91 Å². The van der Waals surface area contributed by atoms with E-state index in [1.54, 1.807) is 18.4 Å². The number of methoxy groups -OCH3 is 1. The SMILES string of the molecule is COc1ccccc1Cn1c(C(=O)NCCCN2CCCC[C@H]2C)cc2ccsc21. The second kappa shape index (κ2) is 9.67. The lowest BCUT2D eigenvalue weighted by atomic mass is 10.0. The van der Waals surface area contributed by atoms with Crippen molar-refractivity contribution >= 4 is 27.5 Å². The van der Waals surface area contributed by atoms with Crippen LogP contribution in [-0.4, -0.2) is 48.2 Å². The Morgan fingerprint density at radius 2 is 2.13 bits per heavy atom. The predicted molar refractivity (Wildman–Crippen MR) is 124 cm³/mol. The molecule has 160 valence electrons. The Hall–Kier alpha value is -2.31. The first-order chi connectivity index (χ1) is 14.7. The van der Waals surface area contributed by atoms with Crippen molar-refractivity contribution in [1.29, 1.82) is 0 Å². The number of aromatic nitrogens is 1. The molecule has 2 aromatic heterocycles. The number of rotatable bonds is 8. The highest BCUT2D eigenvalue weighted by atomic mass is 32.1. The van der Waals surface area contributed by atoms with Crippen molar-refractivity contribution < 1.29 is 9.53 Å². The molecule has 3 heterocycles.